The summed E-state index contributed by atoms with van der Waals surface area (Å²) in [6, 6.07) is 68.0. The van der Waals surface area contributed by atoms with Crippen LogP contribution < -0.4 is 0 Å². The normalized spacial score (nSPS) is 22.8. The van der Waals surface area contributed by atoms with Gasteiger partial charge in [0.1, 0.15) is 0 Å². The number of fused-ring (bicyclic) bond motifs is 18. The van der Waals surface area contributed by atoms with Gasteiger partial charge in [0.2, 0.25) is 0 Å². The highest BCUT2D eigenvalue weighted by molar-refractivity contribution is 5.85. The lowest BCUT2D eigenvalue weighted by Gasteiger charge is -2.34. The Morgan fingerprint density at radius 3 is 1.34 bits per heavy atom. The Labute approximate surface area is 535 Å². The van der Waals surface area contributed by atoms with E-state index in [4.69, 9.17) is 15.0 Å². The monoisotopic (exact) mass is 1170 g/mol. The molecule has 7 aliphatic rings. The molecule has 8 atom stereocenters. The Morgan fingerprint density at radius 2 is 0.778 bits per heavy atom. The van der Waals surface area contributed by atoms with E-state index in [0.29, 0.717) is 47.3 Å². The van der Waals surface area contributed by atoms with Crippen molar-refractivity contribution < 1.29 is 0 Å². The lowest BCUT2D eigenvalue weighted by Crippen LogP contribution is -2.24. The van der Waals surface area contributed by atoms with Crippen molar-refractivity contribution in [2.24, 2.45) is 11.8 Å². The van der Waals surface area contributed by atoms with E-state index in [9.17, 15) is 0 Å². The molecule has 90 heavy (non-hydrogen) atoms. The standard InChI is InChI=1S/C87H85N3/c1-84(2,3)66-26-19-51(20-27-66)59-35-60(37-61(36-59)54-13-12-14-57(33-54)82-43-73-55-17-18-56(34-55)76(73)48-88-82)52-21-28-67(29-22-52)85(4,5)46-64-38-62-40-71(64)77-49-89-81(44-74(62)77)53-23-30-68(31-24-53)86(6,7)47-65-39-63-41-72(65)78-50-90-83(45-75(63)78)58-25-32-70-69-15-10-11-16-79(69)87(8,9)80(70)42-58/h10-16,19-33,35-37,42-45,48-50,55-56,62-65,71-72H,17-18,34,38-41,46-47H2,1-9H3. The lowest BCUT2D eigenvalue weighted by atomic mass is 9.71. The van der Waals surface area contributed by atoms with Gasteiger partial charge in [-0.05, 0) is 276 Å². The fraction of sp³-hybridized carbons (Fsp3) is 0.345. The van der Waals surface area contributed by atoms with Gasteiger partial charge in [-0.15, -0.1) is 0 Å². The molecule has 3 saturated carbocycles. The van der Waals surface area contributed by atoms with Crippen LogP contribution in [0.15, 0.2) is 195 Å². The molecule has 0 amide bonds. The molecule has 17 rings (SSSR count). The molecule has 7 aromatic carbocycles. The van der Waals surface area contributed by atoms with E-state index < -0.39 is 0 Å². The summed E-state index contributed by atoms with van der Waals surface area (Å²) in [5, 5.41) is 0. The van der Waals surface area contributed by atoms with Gasteiger partial charge >= 0.3 is 0 Å². The first-order chi connectivity index (χ1) is 43.4. The summed E-state index contributed by atoms with van der Waals surface area (Å²) in [6.07, 6.45) is 18.1. The maximum absolute atomic E-state index is 5.24. The van der Waals surface area contributed by atoms with Crippen molar-refractivity contribution >= 4 is 0 Å². The van der Waals surface area contributed by atoms with Crippen LogP contribution in [-0.4, -0.2) is 15.0 Å². The highest BCUT2D eigenvalue weighted by Crippen LogP contribution is 2.61. The zero-order chi connectivity index (χ0) is 61.2. The van der Waals surface area contributed by atoms with Gasteiger partial charge in [0, 0.05) is 40.7 Å². The van der Waals surface area contributed by atoms with E-state index in [1.165, 1.54) is 163 Å². The summed E-state index contributed by atoms with van der Waals surface area (Å²) < 4.78 is 0. The van der Waals surface area contributed by atoms with Crippen LogP contribution in [0, 0.1) is 11.8 Å². The molecule has 3 heteroatoms. The Morgan fingerprint density at radius 1 is 0.344 bits per heavy atom. The summed E-state index contributed by atoms with van der Waals surface area (Å²) in [5.74, 6) is 5.15. The Balaban J connectivity index is 0.564. The first-order valence-corrected chi connectivity index (χ1v) is 34.2. The molecule has 448 valence electrons. The van der Waals surface area contributed by atoms with E-state index in [2.05, 4.69) is 257 Å². The molecular formula is C87H85N3. The second-order valence-electron chi connectivity index (χ2n) is 31.8. The van der Waals surface area contributed by atoms with Gasteiger partial charge < -0.3 is 0 Å². The van der Waals surface area contributed by atoms with Crippen molar-refractivity contribution in [1.82, 2.24) is 15.0 Å². The van der Waals surface area contributed by atoms with Gasteiger partial charge in [0.25, 0.3) is 0 Å². The molecule has 7 aliphatic carbocycles. The van der Waals surface area contributed by atoms with Crippen LogP contribution >= 0.6 is 0 Å². The van der Waals surface area contributed by atoms with Crippen molar-refractivity contribution in [3.8, 4) is 78.3 Å². The predicted molar refractivity (Wildman–Crippen MR) is 373 cm³/mol. The maximum atomic E-state index is 5.24. The molecule has 3 aromatic heterocycles. The highest BCUT2D eigenvalue weighted by atomic mass is 14.7. The molecule has 0 radical (unpaired) electrons. The number of hydrogen-bond donors (Lipinski definition) is 0. The number of hydrogen-bond acceptors (Lipinski definition) is 3. The number of rotatable bonds is 12. The Kier molecular flexibility index (Phi) is 12.8. The van der Waals surface area contributed by atoms with Crippen LogP contribution in [0.5, 0.6) is 0 Å². The van der Waals surface area contributed by atoms with E-state index in [0.717, 1.165) is 17.1 Å². The third-order valence-electron chi connectivity index (χ3n) is 24.2. The van der Waals surface area contributed by atoms with Crippen molar-refractivity contribution in [3.05, 3.63) is 256 Å². The number of pyridine rings is 3. The van der Waals surface area contributed by atoms with Gasteiger partial charge in [0.15, 0.2) is 0 Å². The van der Waals surface area contributed by atoms with Crippen LogP contribution in [0.2, 0.25) is 0 Å². The van der Waals surface area contributed by atoms with Gasteiger partial charge in [-0.3, -0.25) is 15.0 Å². The number of nitrogens with zero attached hydrogens (tertiary/aromatic N) is 3. The van der Waals surface area contributed by atoms with Crippen LogP contribution in [0.1, 0.15) is 217 Å². The molecule has 8 unspecified atom stereocenters. The van der Waals surface area contributed by atoms with Crippen LogP contribution in [-0.2, 0) is 21.7 Å². The van der Waals surface area contributed by atoms with Gasteiger partial charge in [0.05, 0.1) is 17.1 Å². The molecule has 0 N–H and O–H groups in total. The number of aromatic nitrogens is 3. The van der Waals surface area contributed by atoms with E-state index in [1.54, 1.807) is 16.7 Å². The summed E-state index contributed by atoms with van der Waals surface area (Å²) >= 11 is 0. The summed E-state index contributed by atoms with van der Waals surface area (Å²) in [7, 11) is 0. The minimum atomic E-state index is -0.0141. The average molecular weight is 1170 g/mol. The van der Waals surface area contributed by atoms with Crippen LogP contribution in [0.3, 0.4) is 0 Å². The second-order valence-corrected chi connectivity index (χ2v) is 31.8. The Hall–Kier alpha value is -8.01. The van der Waals surface area contributed by atoms with E-state index in [-0.39, 0.29) is 21.7 Å². The number of benzene rings is 7. The molecule has 3 heterocycles. The molecule has 0 saturated heterocycles. The van der Waals surface area contributed by atoms with Crippen LogP contribution in [0.25, 0.3) is 78.3 Å². The molecule has 6 bridgehead atoms. The quantitative estimate of drug-likeness (QED) is 0.122. The summed E-state index contributed by atoms with van der Waals surface area (Å²) in [5.41, 5.74) is 33.6. The van der Waals surface area contributed by atoms with Gasteiger partial charge in [-0.25, -0.2) is 0 Å². The largest absolute Gasteiger partial charge is 0.256 e. The van der Waals surface area contributed by atoms with E-state index >= 15 is 0 Å². The summed E-state index contributed by atoms with van der Waals surface area (Å²) in [6.45, 7) is 21.5. The van der Waals surface area contributed by atoms with Crippen molar-refractivity contribution in [1.29, 1.82) is 0 Å². The topological polar surface area (TPSA) is 38.7 Å². The highest BCUT2D eigenvalue weighted by Gasteiger charge is 2.48. The van der Waals surface area contributed by atoms with Crippen molar-refractivity contribution in [3.63, 3.8) is 0 Å². The molecule has 3 fully saturated rings. The van der Waals surface area contributed by atoms with E-state index in [1.807, 2.05) is 0 Å². The fourth-order valence-electron chi connectivity index (χ4n) is 19.2. The molecular weight excluding hydrogens is 1090 g/mol. The minimum absolute atomic E-state index is 0.0141. The van der Waals surface area contributed by atoms with Crippen LogP contribution in [0.4, 0.5) is 0 Å². The average Bonchev–Trinajstić information content (AvgIpc) is 1.62. The van der Waals surface area contributed by atoms with Crippen molar-refractivity contribution in [2.45, 2.75) is 177 Å². The SMILES string of the molecule is CC(C)(C)c1ccc(-c2cc(-c3ccc(C(C)(C)CC4CC5CC4c4cnc(-c6ccc(C(C)(C)CC7CC8CC7c7cnc(-c9ccc%10c(c9)C(C)(C)c9ccccc9-%10)cc78)cc6)cc45)cc3)cc(-c3cccc(-c4cc5c(cn4)C4CCC5C4)c3)c2)cc1. The molecule has 0 aliphatic heterocycles. The minimum Gasteiger partial charge on any atom is -0.256 e. The third kappa shape index (κ3) is 9.27. The first kappa shape index (κ1) is 56.0. The molecule has 3 nitrogen and oxygen atoms in total. The van der Waals surface area contributed by atoms with Crippen molar-refractivity contribution in [2.75, 3.05) is 0 Å². The third-order valence-corrected chi connectivity index (χ3v) is 24.2. The zero-order valence-corrected chi connectivity index (χ0v) is 54.3. The molecule has 0 spiro atoms. The summed E-state index contributed by atoms with van der Waals surface area (Å²) in [4.78, 5) is 15.5. The fourth-order valence-corrected chi connectivity index (χ4v) is 19.2. The maximum Gasteiger partial charge on any atom is 0.0705 e. The van der Waals surface area contributed by atoms with Gasteiger partial charge in [-0.2, -0.15) is 0 Å². The zero-order valence-electron chi connectivity index (χ0n) is 54.3. The Bertz CT molecular complexity index is 4510. The first-order valence-electron chi connectivity index (χ1n) is 34.2. The predicted octanol–water partition coefficient (Wildman–Crippen LogP) is 22.8. The second kappa shape index (κ2) is 20.5. The lowest BCUT2D eigenvalue weighted by molar-refractivity contribution is 0.331. The van der Waals surface area contributed by atoms with Gasteiger partial charge in [-0.1, -0.05) is 190 Å². The smallest absolute Gasteiger partial charge is 0.0705 e. The molecule has 10 aromatic rings.